The summed E-state index contributed by atoms with van der Waals surface area (Å²) < 4.78 is 0. The Morgan fingerprint density at radius 1 is 1.29 bits per heavy atom. The van der Waals surface area contributed by atoms with Crippen LogP contribution in [0.2, 0.25) is 5.02 Å². The summed E-state index contributed by atoms with van der Waals surface area (Å²) in [5, 5.41) is 3.79. The number of amides is 1. The molecule has 2 aromatic carbocycles. The predicted molar refractivity (Wildman–Crippen MR) is 98.2 cm³/mol. The van der Waals surface area contributed by atoms with Gasteiger partial charge < -0.3 is 16.0 Å². The molecule has 2 aromatic rings. The van der Waals surface area contributed by atoms with Crippen LogP contribution in [-0.2, 0) is 6.54 Å². The minimum absolute atomic E-state index is 0.0778. The van der Waals surface area contributed by atoms with Gasteiger partial charge in [0.1, 0.15) is 0 Å². The number of nitrogens with one attached hydrogen (secondary N) is 1. The molecule has 1 fully saturated rings. The summed E-state index contributed by atoms with van der Waals surface area (Å²) in [5.74, 6) is -0.0778. The van der Waals surface area contributed by atoms with E-state index in [0.717, 1.165) is 24.2 Å². The maximum atomic E-state index is 13.3. The first-order valence-corrected chi connectivity index (χ1v) is 8.41. The normalized spacial score (nSPS) is 15.6. The number of carbonyl (C=O) groups is 1. The van der Waals surface area contributed by atoms with E-state index in [2.05, 4.69) is 12.2 Å². The van der Waals surface area contributed by atoms with Crippen molar-refractivity contribution in [1.29, 1.82) is 0 Å². The smallest absolute Gasteiger partial charge is 0.256 e. The Bertz CT molecular complexity index is 757. The number of hydrogen-bond donors (Lipinski definition) is 2. The lowest BCUT2D eigenvalue weighted by molar-refractivity contribution is 0.0313. The monoisotopic (exact) mass is 343 g/mol. The third kappa shape index (κ3) is 3.12. The molecule has 0 spiro atoms. The molecule has 0 bridgehead atoms. The lowest BCUT2D eigenvalue weighted by Crippen LogP contribution is -2.68. The van der Waals surface area contributed by atoms with Crippen molar-refractivity contribution in [3.8, 4) is 0 Å². The Morgan fingerprint density at radius 3 is 2.54 bits per heavy atom. The number of nitrogens with two attached hydrogens (primary N) is 1. The molecule has 0 aromatic heterocycles. The molecule has 0 atom stereocenters. The number of halogens is 1. The minimum atomic E-state index is -0.227. The second-order valence-electron chi connectivity index (χ2n) is 6.66. The van der Waals surface area contributed by atoms with Gasteiger partial charge in [-0.05, 0) is 37.1 Å². The molecule has 126 valence electrons. The average molecular weight is 344 g/mol. The molecule has 0 radical (unpaired) electrons. The van der Waals surface area contributed by atoms with Crippen LogP contribution in [0.15, 0.2) is 42.5 Å². The number of nitrogen functional groups attached to an aromatic ring is 1. The summed E-state index contributed by atoms with van der Waals surface area (Å²) in [7, 11) is 0. The van der Waals surface area contributed by atoms with Crippen molar-refractivity contribution in [2.24, 2.45) is 0 Å². The molecule has 24 heavy (non-hydrogen) atoms. The molecule has 3 N–H and O–H groups in total. The number of aryl methyl sites for hydroxylation is 1. The lowest BCUT2D eigenvalue weighted by Gasteiger charge is -2.48. The average Bonchev–Trinajstić information content (AvgIpc) is 2.54. The number of rotatable bonds is 4. The number of anilines is 1. The Hall–Kier alpha value is -2.04. The summed E-state index contributed by atoms with van der Waals surface area (Å²) >= 11 is 6.15. The highest BCUT2D eigenvalue weighted by Crippen LogP contribution is 2.29. The van der Waals surface area contributed by atoms with Gasteiger partial charge in [-0.3, -0.25) is 4.79 Å². The van der Waals surface area contributed by atoms with Crippen molar-refractivity contribution >= 4 is 23.2 Å². The van der Waals surface area contributed by atoms with Crippen molar-refractivity contribution in [3.63, 3.8) is 0 Å². The quantitative estimate of drug-likeness (QED) is 0.838. The molecule has 0 aliphatic carbocycles. The summed E-state index contributed by atoms with van der Waals surface area (Å²) in [6.07, 6.45) is 0. The number of nitrogens with zero attached hydrogens (tertiary/aromatic N) is 1. The number of benzene rings is 2. The Kier molecular flexibility index (Phi) is 4.52. The third-order valence-corrected chi connectivity index (χ3v) is 4.89. The highest BCUT2D eigenvalue weighted by atomic mass is 35.5. The van der Waals surface area contributed by atoms with E-state index in [1.54, 1.807) is 12.1 Å². The highest BCUT2D eigenvalue weighted by molar-refractivity contribution is 6.31. The maximum Gasteiger partial charge on any atom is 0.256 e. The Labute approximate surface area is 147 Å². The van der Waals surface area contributed by atoms with Gasteiger partial charge in [-0.2, -0.15) is 0 Å². The maximum absolute atomic E-state index is 13.3. The molecule has 1 heterocycles. The first-order chi connectivity index (χ1) is 11.4. The van der Waals surface area contributed by atoms with Crippen molar-refractivity contribution in [2.75, 3.05) is 18.8 Å². The molecule has 1 aliphatic heterocycles. The largest absolute Gasteiger partial charge is 0.398 e. The Balaban J connectivity index is 1.98. The molecule has 4 nitrogen and oxygen atoms in total. The van der Waals surface area contributed by atoms with E-state index >= 15 is 0 Å². The fraction of sp³-hybridized carbons (Fsp3) is 0.316. The molecule has 3 rings (SSSR count). The van der Waals surface area contributed by atoms with Crippen molar-refractivity contribution in [3.05, 3.63) is 64.2 Å². The van der Waals surface area contributed by atoms with Gasteiger partial charge in [0.05, 0.1) is 11.1 Å². The van der Waals surface area contributed by atoms with Crippen LogP contribution >= 0.6 is 11.6 Å². The fourth-order valence-corrected chi connectivity index (χ4v) is 3.30. The Morgan fingerprint density at radius 2 is 1.96 bits per heavy atom. The van der Waals surface area contributed by atoms with Crippen LogP contribution in [0.1, 0.15) is 28.4 Å². The standard InChI is InChI=1S/C19H22ClN3O/c1-13-8-15(20)9-16(17(13)21)18(24)23(19(2)11-22-12-19)10-14-6-4-3-5-7-14/h3-9,22H,10-12,21H2,1-2H3. The zero-order chi connectivity index (χ0) is 17.3. The van der Waals surface area contributed by atoms with Crippen molar-refractivity contribution in [1.82, 2.24) is 10.2 Å². The molecule has 1 amide bonds. The first-order valence-electron chi connectivity index (χ1n) is 8.03. The molecule has 0 saturated carbocycles. The van der Waals surface area contributed by atoms with E-state index in [-0.39, 0.29) is 11.4 Å². The van der Waals surface area contributed by atoms with Gasteiger partial charge in [0.2, 0.25) is 0 Å². The van der Waals surface area contributed by atoms with E-state index in [0.29, 0.717) is 22.8 Å². The summed E-state index contributed by atoms with van der Waals surface area (Å²) in [4.78, 5) is 15.2. The van der Waals surface area contributed by atoms with Crippen LogP contribution < -0.4 is 11.1 Å². The van der Waals surface area contributed by atoms with Crippen LogP contribution in [0.25, 0.3) is 0 Å². The SMILES string of the molecule is Cc1cc(Cl)cc(C(=O)N(Cc2ccccc2)C2(C)CNC2)c1N. The van der Waals surface area contributed by atoms with Crippen LogP contribution in [0.5, 0.6) is 0 Å². The predicted octanol–water partition coefficient (Wildman–Crippen LogP) is 3.23. The van der Waals surface area contributed by atoms with Crippen LogP contribution in [0, 0.1) is 6.92 Å². The van der Waals surface area contributed by atoms with Gasteiger partial charge in [-0.1, -0.05) is 41.9 Å². The highest BCUT2D eigenvalue weighted by Gasteiger charge is 2.41. The molecular formula is C19H22ClN3O. The number of hydrogen-bond acceptors (Lipinski definition) is 3. The van der Waals surface area contributed by atoms with Gasteiger partial charge in [0.15, 0.2) is 0 Å². The van der Waals surface area contributed by atoms with Crippen LogP contribution in [-0.4, -0.2) is 29.4 Å². The topological polar surface area (TPSA) is 58.4 Å². The third-order valence-electron chi connectivity index (χ3n) is 4.67. The van der Waals surface area contributed by atoms with Crippen molar-refractivity contribution in [2.45, 2.75) is 25.9 Å². The van der Waals surface area contributed by atoms with Crippen LogP contribution in [0.4, 0.5) is 5.69 Å². The lowest BCUT2D eigenvalue weighted by atomic mass is 9.90. The molecule has 1 aliphatic rings. The van der Waals surface area contributed by atoms with E-state index in [4.69, 9.17) is 17.3 Å². The van der Waals surface area contributed by atoms with Gasteiger partial charge in [-0.25, -0.2) is 0 Å². The summed E-state index contributed by atoms with van der Waals surface area (Å²) in [6.45, 7) is 6.04. The van der Waals surface area contributed by atoms with E-state index in [1.165, 1.54) is 0 Å². The van der Waals surface area contributed by atoms with Crippen LogP contribution in [0.3, 0.4) is 0 Å². The molecular weight excluding hydrogens is 322 g/mol. The van der Waals surface area contributed by atoms with Gasteiger partial charge in [0, 0.05) is 30.3 Å². The van der Waals surface area contributed by atoms with Crippen molar-refractivity contribution < 1.29 is 4.79 Å². The van der Waals surface area contributed by atoms with E-state index < -0.39 is 0 Å². The van der Waals surface area contributed by atoms with E-state index in [1.807, 2.05) is 42.2 Å². The second-order valence-corrected chi connectivity index (χ2v) is 7.10. The first kappa shape index (κ1) is 16.8. The van der Waals surface area contributed by atoms with Gasteiger partial charge in [0.25, 0.3) is 5.91 Å². The zero-order valence-corrected chi connectivity index (χ0v) is 14.7. The van der Waals surface area contributed by atoms with E-state index in [9.17, 15) is 4.79 Å². The molecule has 5 heteroatoms. The second kappa shape index (κ2) is 6.46. The summed E-state index contributed by atoms with van der Waals surface area (Å²) in [6, 6.07) is 13.4. The summed E-state index contributed by atoms with van der Waals surface area (Å²) in [5.41, 5.74) is 8.83. The zero-order valence-electron chi connectivity index (χ0n) is 14.0. The molecule has 1 saturated heterocycles. The van der Waals surface area contributed by atoms with Gasteiger partial charge >= 0.3 is 0 Å². The number of carbonyl (C=O) groups excluding carboxylic acids is 1. The fourth-order valence-electron chi connectivity index (χ4n) is 3.03. The van der Waals surface area contributed by atoms with Gasteiger partial charge in [-0.15, -0.1) is 0 Å². The minimum Gasteiger partial charge on any atom is -0.398 e. The molecule has 0 unspecified atom stereocenters.